The van der Waals surface area contributed by atoms with Crippen molar-refractivity contribution in [3.63, 3.8) is 0 Å². The van der Waals surface area contributed by atoms with Crippen molar-refractivity contribution in [1.82, 2.24) is 0 Å². The van der Waals surface area contributed by atoms with Crippen LogP contribution in [0.25, 0.3) is 0 Å². The van der Waals surface area contributed by atoms with E-state index in [-0.39, 0.29) is 5.38 Å². The molecule has 0 N–H and O–H groups in total. The Hall–Kier alpha value is -1.48. The summed E-state index contributed by atoms with van der Waals surface area (Å²) in [6.45, 7) is 1.97. The Bertz CT molecular complexity index is 573. The molecule has 0 aliphatic carbocycles. The molecular formula is C16H14ClF3. The highest BCUT2D eigenvalue weighted by atomic mass is 35.5. The Balaban J connectivity index is 2.13. The summed E-state index contributed by atoms with van der Waals surface area (Å²) in [5.74, 6) is 0. The quantitative estimate of drug-likeness (QED) is 0.653. The predicted octanol–water partition coefficient (Wildman–Crippen LogP) is 5.54. The van der Waals surface area contributed by atoms with E-state index in [0.29, 0.717) is 6.42 Å². The van der Waals surface area contributed by atoms with Crippen LogP contribution >= 0.6 is 11.6 Å². The van der Waals surface area contributed by atoms with Crippen LogP contribution in [0.5, 0.6) is 0 Å². The fourth-order valence-corrected chi connectivity index (χ4v) is 2.51. The van der Waals surface area contributed by atoms with Crippen LogP contribution < -0.4 is 0 Å². The first-order valence-electron chi connectivity index (χ1n) is 6.23. The highest BCUT2D eigenvalue weighted by Crippen LogP contribution is 2.31. The van der Waals surface area contributed by atoms with Crippen molar-refractivity contribution >= 4 is 11.6 Å². The van der Waals surface area contributed by atoms with E-state index in [2.05, 4.69) is 0 Å². The number of hydrogen-bond acceptors (Lipinski definition) is 0. The van der Waals surface area contributed by atoms with E-state index in [0.717, 1.165) is 28.8 Å². The first-order valence-corrected chi connectivity index (χ1v) is 6.67. The second-order valence-electron chi connectivity index (χ2n) is 4.72. The molecule has 0 spiro atoms. The van der Waals surface area contributed by atoms with Gasteiger partial charge in [-0.25, -0.2) is 0 Å². The van der Waals surface area contributed by atoms with Crippen LogP contribution in [0.3, 0.4) is 0 Å². The fraction of sp³-hybridized carbons (Fsp3) is 0.250. The summed E-state index contributed by atoms with van der Waals surface area (Å²) in [6.07, 6.45) is -3.79. The molecule has 4 heteroatoms. The van der Waals surface area contributed by atoms with Crippen LogP contribution in [0.4, 0.5) is 13.2 Å². The van der Waals surface area contributed by atoms with Crippen molar-refractivity contribution in [3.8, 4) is 0 Å². The third-order valence-corrected chi connectivity index (χ3v) is 3.61. The van der Waals surface area contributed by atoms with Crippen LogP contribution in [0, 0.1) is 6.92 Å². The van der Waals surface area contributed by atoms with Crippen LogP contribution in [0.2, 0.25) is 0 Å². The molecule has 20 heavy (non-hydrogen) atoms. The average Bonchev–Trinajstić information content (AvgIpc) is 2.38. The number of rotatable bonds is 3. The second kappa shape index (κ2) is 5.88. The Morgan fingerprint density at radius 2 is 1.60 bits per heavy atom. The van der Waals surface area contributed by atoms with Crippen molar-refractivity contribution in [2.24, 2.45) is 0 Å². The minimum absolute atomic E-state index is 0.243. The number of halogens is 4. The maximum absolute atomic E-state index is 12.5. The molecule has 0 amide bonds. The molecule has 2 aromatic rings. The molecule has 0 radical (unpaired) electrons. The monoisotopic (exact) mass is 298 g/mol. The molecule has 106 valence electrons. The lowest BCUT2D eigenvalue weighted by atomic mass is 9.99. The summed E-state index contributed by atoms with van der Waals surface area (Å²) in [7, 11) is 0. The van der Waals surface area contributed by atoms with Gasteiger partial charge in [0.05, 0.1) is 10.9 Å². The third-order valence-electron chi connectivity index (χ3n) is 3.22. The Morgan fingerprint density at radius 1 is 1.00 bits per heavy atom. The van der Waals surface area contributed by atoms with Crippen LogP contribution in [0.15, 0.2) is 48.5 Å². The molecule has 2 aromatic carbocycles. The zero-order chi connectivity index (χ0) is 14.8. The largest absolute Gasteiger partial charge is 0.416 e. The average molecular weight is 299 g/mol. The van der Waals surface area contributed by atoms with Gasteiger partial charge in [0.25, 0.3) is 0 Å². The van der Waals surface area contributed by atoms with Gasteiger partial charge in [0.15, 0.2) is 0 Å². The van der Waals surface area contributed by atoms with E-state index in [1.54, 1.807) is 0 Å². The van der Waals surface area contributed by atoms with E-state index >= 15 is 0 Å². The molecule has 0 nitrogen and oxygen atoms in total. The molecular weight excluding hydrogens is 285 g/mol. The van der Waals surface area contributed by atoms with Gasteiger partial charge in [0, 0.05) is 0 Å². The zero-order valence-electron chi connectivity index (χ0n) is 10.9. The standard InChI is InChI=1S/C16H14ClF3/c1-11-4-2-3-5-14(11)15(17)10-12-6-8-13(9-7-12)16(18,19)20/h2-9,15H,10H2,1H3. The van der Waals surface area contributed by atoms with Gasteiger partial charge in [-0.15, -0.1) is 11.6 Å². The molecule has 0 aromatic heterocycles. The van der Waals surface area contributed by atoms with E-state index in [9.17, 15) is 13.2 Å². The number of benzene rings is 2. The summed E-state index contributed by atoms with van der Waals surface area (Å²) >= 11 is 6.35. The predicted molar refractivity (Wildman–Crippen MR) is 74.9 cm³/mol. The van der Waals surface area contributed by atoms with Crippen molar-refractivity contribution in [1.29, 1.82) is 0 Å². The van der Waals surface area contributed by atoms with Gasteiger partial charge in [0.1, 0.15) is 0 Å². The lowest BCUT2D eigenvalue weighted by Gasteiger charge is -2.13. The van der Waals surface area contributed by atoms with Gasteiger partial charge in [0.2, 0.25) is 0 Å². The van der Waals surface area contributed by atoms with Crippen molar-refractivity contribution in [2.75, 3.05) is 0 Å². The van der Waals surface area contributed by atoms with Crippen molar-refractivity contribution in [2.45, 2.75) is 24.9 Å². The third kappa shape index (κ3) is 3.54. The van der Waals surface area contributed by atoms with Gasteiger partial charge < -0.3 is 0 Å². The first-order chi connectivity index (χ1) is 9.38. The molecule has 0 saturated carbocycles. The van der Waals surface area contributed by atoms with Crippen molar-refractivity contribution < 1.29 is 13.2 Å². The van der Waals surface area contributed by atoms with Crippen molar-refractivity contribution in [3.05, 3.63) is 70.8 Å². The SMILES string of the molecule is Cc1ccccc1C(Cl)Cc1ccc(C(F)(F)F)cc1. The number of aryl methyl sites for hydroxylation is 1. The number of hydrogen-bond donors (Lipinski definition) is 0. The first kappa shape index (κ1) is 14.9. The van der Waals surface area contributed by atoms with Crippen LogP contribution in [-0.4, -0.2) is 0 Å². The van der Waals surface area contributed by atoms with E-state index in [4.69, 9.17) is 11.6 Å². The minimum Gasteiger partial charge on any atom is -0.166 e. The molecule has 0 heterocycles. The zero-order valence-corrected chi connectivity index (χ0v) is 11.7. The van der Waals surface area contributed by atoms with E-state index in [1.165, 1.54) is 12.1 Å². The van der Waals surface area contributed by atoms with Crippen LogP contribution in [-0.2, 0) is 12.6 Å². The van der Waals surface area contributed by atoms with Gasteiger partial charge >= 0.3 is 6.18 Å². The normalized spacial score (nSPS) is 13.2. The molecule has 0 saturated heterocycles. The second-order valence-corrected chi connectivity index (χ2v) is 5.25. The number of alkyl halides is 4. The maximum atomic E-state index is 12.5. The topological polar surface area (TPSA) is 0 Å². The molecule has 0 aliphatic rings. The van der Waals surface area contributed by atoms with E-state index < -0.39 is 11.7 Å². The Kier molecular flexibility index (Phi) is 4.39. The molecule has 2 rings (SSSR count). The smallest absolute Gasteiger partial charge is 0.166 e. The minimum atomic E-state index is -4.30. The Morgan fingerprint density at radius 3 is 2.15 bits per heavy atom. The maximum Gasteiger partial charge on any atom is 0.416 e. The summed E-state index contributed by atoms with van der Waals surface area (Å²) in [4.78, 5) is 0. The summed E-state index contributed by atoms with van der Waals surface area (Å²) in [6, 6.07) is 12.9. The highest BCUT2D eigenvalue weighted by Gasteiger charge is 2.29. The van der Waals surface area contributed by atoms with Gasteiger partial charge in [-0.2, -0.15) is 13.2 Å². The lowest BCUT2D eigenvalue weighted by molar-refractivity contribution is -0.137. The van der Waals surface area contributed by atoms with E-state index in [1.807, 2.05) is 31.2 Å². The van der Waals surface area contributed by atoms with Crippen LogP contribution in [0.1, 0.15) is 27.6 Å². The summed E-state index contributed by atoms with van der Waals surface area (Å²) in [5, 5.41) is -0.243. The fourth-order valence-electron chi connectivity index (χ4n) is 2.08. The lowest BCUT2D eigenvalue weighted by Crippen LogP contribution is -2.05. The molecule has 0 aliphatic heterocycles. The molecule has 1 atom stereocenters. The summed E-state index contributed by atoms with van der Waals surface area (Å²) < 4.78 is 37.4. The highest BCUT2D eigenvalue weighted by molar-refractivity contribution is 6.21. The van der Waals surface area contributed by atoms with Gasteiger partial charge in [-0.05, 0) is 42.2 Å². The summed E-state index contributed by atoms with van der Waals surface area (Å²) in [5.41, 5.74) is 2.25. The van der Waals surface area contributed by atoms with Gasteiger partial charge in [-0.1, -0.05) is 36.4 Å². The Labute approximate surface area is 121 Å². The molecule has 1 unspecified atom stereocenters. The molecule has 0 bridgehead atoms. The van der Waals surface area contributed by atoms with Gasteiger partial charge in [-0.3, -0.25) is 0 Å². The molecule has 0 fully saturated rings.